The van der Waals surface area contributed by atoms with E-state index in [1.165, 1.54) is 96.9 Å². The van der Waals surface area contributed by atoms with Crippen molar-refractivity contribution in [1.29, 1.82) is 0 Å². The van der Waals surface area contributed by atoms with Crippen LogP contribution in [0.4, 0.5) is 0 Å². The average Bonchev–Trinajstić information content (AvgIpc) is 3.31. The summed E-state index contributed by atoms with van der Waals surface area (Å²) in [5.74, 6) is 3.17. The lowest BCUT2D eigenvalue weighted by atomic mass is 9.90. The smallest absolute Gasteiger partial charge is 0.000967 e. The van der Waals surface area contributed by atoms with Crippen molar-refractivity contribution >= 4 is 0 Å². The van der Waals surface area contributed by atoms with Crippen LogP contribution in [0.1, 0.15) is 64.2 Å². The molecule has 0 radical (unpaired) electrons. The summed E-state index contributed by atoms with van der Waals surface area (Å²) >= 11 is 0. The zero-order valence-electron chi connectivity index (χ0n) is 14.2. The number of piperidine rings is 2. The summed E-state index contributed by atoms with van der Waals surface area (Å²) in [6.07, 6.45) is 14.9. The second-order valence-electron chi connectivity index (χ2n) is 8.22. The van der Waals surface area contributed by atoms with Gasteiger partial charge in [0, 0.05) is 6.54 Å². The van der Waals surface area contributed by atoms with Crippen molar-refractivity contribution in [3.63, 3.8) is 0 Å². The monoisotopic (exact) mass is 292 g/mol. The lowest BCUT2D eigenvalue weighted by Crippen LogP contribution is -2.38. The van der Waals surface area contributed by atoms with E-state index in [4.69, 9.17) is 0 Å². The Bertz CT molecular complexity index is 292. The van der Waals surface area contributed by atoms with Crippen molar-refractivity contribution in [2.24, 2.45) is 17.8 Å². The Morgan fingerprint density at radius 3 is 2.24 bits per heavy atom. The molecule has 0 aromatic carbocycles. The fourth-order valence-electron chi connectivity index (χ4n) is 4.41. The van der Waals surface area contributed by atoms with Crippen LogP contribution in [0.15, 0.2) is 0 Å². The first-order chi connectivity index (χ1) is 10.3. The molecule has 21 heavy (non-hydrogen) atoms. The summed E-state index contributed by atoms with van der Waals surface area (Å²) in [4.78, 5) is 5.29. The first-order valence-electron chi connectivity index (χ1n) is 9.70. The zero-order chi connectivity index (χ0) is 14.5. The molecule has 0 spiro atoms. The second kappa shape index (κ2) is 7.97. The maximum atomic E-state index is 2.80. The van der Waals surface area contributed by atoms with Gasteiger partial charge in [-0.3, -0.25) is 0 Å². The number of hydrogen-bond acceptors (Lipinski definition) is 2. The molecule has 3 aliphatic rings. The molecule has 0 amide bonds. The van der Waals surface area contributed by atoms with Crippen molar-refractivity contribution in [1.82, 2.24) is 9.80 Å². The van der Waals surface area contributed by atoms with Gasteiger partial charge in [-0.15, -0.1) is 0 Å². The molecule has 2 nitrogen and oxygen atoms in total. The van der Waals surface area contributed by atoms with Gasteiger partial charge in [0.2, 0.25) is 0 Å². The third-order valence-electron chi connectivity index (χ3n) is 6.22. The van der Waals surface area contributed by atoms with E-state index in [2.05, 4.69) is 16.8 Å². The molecule has 0 aromatic rings. The number of likely N-dealkylation sites (tertiary alicyclic amines) is 2. The van der Waals surface area contributed by atoms with E-state index in [1.54, 1.807) is 0 Å². The summed E-state index contributed by atoms with van der Waals surface area (Å²) in [5, 5.41) is 0. The topological polar surface area (TPSA) is 6.48 Å². The van der Waals surface area contributed by atoms with Gasteiger partial charge in [0.05, 0.1) is 0 Å². The first-order valence-corrected chi connectivity index (χ1v) is 9.70. The van der Waals surface area contributed by atoms with Gasteiger partial charge in [-0.05, 0) is 89.5 Å². The Kier molecular flexibility index (Phi) is 5.99. The zero-order valence-corrected chi connectivity index (χ0v) is 14.2. The van der Waals surface area contributed by atoms with E-state index >= 15 is 0 Å². The molecule has 1 aliphatic carbocycles. The van der Waals surface area contributed by atoms with Crippen LogP contribution in [0.3, 0.4) is 0 Å². The van der Waals surface area contributed by atoms with E-state index < -0.39 is 0 Å². The van der Waals surface area contributed by atoms with Gasteiger partial charge in [-0.25, -0.2) is 0 Å². The molecule has 0 bridgehead atoms. The van der Waals surface area contributed by atoms with Crippen LogP contribution in [0, 0.1) is 17.8 Å². The van der Waals surface area contributed by atoms with Crippen LogP contribution in [-0.4, -0.2) is 49.6 Å². The summed E-state index contributed by atoms with van der Waals surface area (Å²) in [5.41, 5.74) is 0. The predicted molar refractivity (Wildman–Crippen MR) is 90.6 cm³/mol. The molecule has 1 saturated carbocycles. The molecule has 2 heterocycles. The lowest BCUT2D eigenvalue weighted by molar-refractivity contribution is 0.142. The predicted octanol–water partition coefficient (Wildman–Crippen LogP) is 4.01. The fourth-order valence-corrected chi connectivity index (χ4v) is 4.41. The Balaban J connectivity index is 1.29. The highest BCUT2D eigenvalue weighted by atomic mass is 15.1. The first kappa shape index (κ1) is 15.8. The maximum absolute atomic E-state index is 2.80. The Hall–Kier alpha value is -0.0800. The van der Waals surface area contributed by atoms with Crippen LogP contribution in [0.2, 0.25) is 0 Å². The third-order valence-corrected chi connectivity index (χ3v) is 6.22. The lowest BCUT2D eigenvalue weighted by Gasteiger charge is -2.35. The maximum Gasteiger partial charge on any atom is 0.000967 e. The van der Waals surface area contributed by atoms with Crippen LogP contribution in [0.25, 0.3) is 0 Å². The standard InChI is InChI=1S/C19H36N2/c1-20-13-9-18(10-14-20)11-15-21-12-3-6-19(16-21)5-2-4-17-7-8-17/h17-19H,2-16H2,1H3. The van der Waals surface area contributed by atoms with Crippen molar-refractivity contribution < 1.29 is 0 Å². The van der Waals surface area contributed by atoms with E-state index in [0.717, 1.165) is 17.8 Å². The molecular weight excluding hydrogens is 256 g/mol. The average molecular weight is 293 g/mol. The van der Waals surface area contributed by atoms with Gasteiger partial charge in [0.1, 0.15) is 0 Å². The SMILES string of the molecule is CN1CCC(CCN2CCCC(CCCC3CC3)C2)CC1. The van der Waals surface area contributed by atoms with Gasteiger partial charge < -0.3 is 9.80 Å². The highest BCUT2D eigenvalue weighted by Gasteiger charge is 2.24. The third kappa shape index (κ3) is 5.56. The second-order valence-corrected chi connectivity index (χ2v) is 8.22. The Morgan fingerprint density at radius 2 is 1.48 bits per heavy atom. The molecule has 0 N–H and O–H groups in total. The van der Waals surface area contributed by atoms with E-state index in [0.29, 0.717) is 0 Å². The van der Waals surface area contributed by atoms with Crippen LogP contribution in [-0.2, 0) is 0 Å². The van der Waals surface area contributed by atoms with E-state index in [-0.39, 0.29) is 0 Å². The Labute approximate surface area is 132 Å². The van der Waals surface area contributed by atoms with Gasteiger partial charge in [0.25, 0.3) is 0 Å². The minimum atomic E-state index is 1.01. The van der Waals surface area contributed by atoms with Gasteiger partial charge >= 0.3 is 0 Å². The van der Waals surface area contributed by atoms with Crippen molar-refractivity contribution in [3.8, 4) is 0 Å². The molecule has 3 rings (SSSR count). The summed E-state index contributed by atoms with van der Waals surface area (Å²) in [7, 11) is 2.27. The van der Waals surface area contributed by atoms with Crippen molar-refractivity contribution in [3.05, 3.63) is 0 Å². The largest absolute Gasteiger partial charge is 0.306 e. The highest BCUT2D eigenvalue weighted by Crippen LogP contribution is 2.35. The quantitative estimate of drug-likeness (QED) is 0.699. The summed E-state index contributed by atoms with van der Waals surface area (Å²) in [6, 6.07) is 0. The van der Waals surface area contributed by atoms with Crippen LogP contribution < -0.4 is 0 Å². The normalized spacial score (nSPS) is 29.9. The van der Waals surface area contributed by atoms with Gasteiger partial charge in [-0.2, -0.15) is 0 Å². The minimum absolute atomic E-state index is 1.01. The van der Waals surface area contributed by atoms with Crippen LogP contribution in [0.5, 0.6) is 0 Å². The van der Waals surface area contributed by atoms with Gasteiger partial charge in [0.15, 0.2) is 0 Å². The van der Waals surface area contributed by atoms with Gasteiger partial charge in [-0.1, -0.05) is 25.7 Å². The summed E-state index contributed by atoms with van der Waals surface area (Å²) < 4.78 is 0. The molecule has 2 heteroatoms. The van der Waals surface area contributed by atoms with Crippen molar-refractivity contribution in [2.45, 2.75) is 64.2 Å². The number of rotatable bonds is 7. The molecule has 1 atom stereocenters. The number of hydrogen-bond donors (Lipinski definition) is 0. The molecule has 2 saturated heterocycles. The molecule has 0 aromatic heterocycles. The van der Waals surface area contributed by atoms with Crippen molar-refractivity contribution in [2.75, 3.05) is 39.8 Å². The fraction of sp³-hybridized carbons (Fsp3) is 1.00. The molecular formula is C19H36N2. The highest BCUT2D eigenvalue weighted by molar-refractivity contribution is 4.78. The Morgan fingerprint density at radius 1 is 0.762 bits per heavy atom. The molecule has 1 unspecified atom stereocenters. The molecule has 3 fully saturated rings. The minimum Gasteiger partial charge on any atom is -0.306 e. The van der Waals surface area contributed by atoms with Crippen LogP contribution >= 0.6 is 0 Å². The summed E-state index contributed by atoms with van der Waals surface area (Å²) in [6.45, 7) is 6.83. The van der Waals surface area contributed by atoms with E-state index in [9.17, 15) is 0 Å². The number of nitrogens with zero attached hydrogens (tertiary/aromatic N) is 2. The molecule has 122 valence electrons. The molecule has 2 aliphatic heterocycles. The van der Waals surface area contributed by atoms with E-state index in [1.807, 2.05) is 0 Å².